The van der Waals surface area contributed by atoms with Crippen molar-refractivity contribution in [1.82, 2.24) is 0 Å². The van der Waals surface area contributed by atoms with Gasteiger partial charge in [0, 0.05) is 5.92 Å². The van der Waals surface area contributed by atoms with Crippen LogP contribution in [-0.4, -0.2) is 0 Å². The Hall–Kier alpha value is -1.56. The average molecular weight is 926 g/mol. The summed E-state index contributed by atoms with van der Waals surface area (Å²) in [5.41, 5.74) is 12.1. The molecule has 1 aliphatic rings. The van der Waals surface area contributed by atoms with Crippen LogP contribution in [0.3, 0.4) is 0 Å². The molecule has 0 aliphatic heterocycles. The van der Waals surface area contributed by atoms with Gasteiger partial charge in [0.05, 0.1) is 0 Å². The van der Waals surface area contributed by atoms with Gasteiger partial charge >= 0.3 is 0 Å². The van der Waals surface area contributed by atoms with E-state index < -0.39 is 0 Å². The number of allylic oxidation sites excluding steroid dienone is 6. The van der Waals surface area contributed by atoms with Gasteiger partial charge in [0.25, 0.3) is 0 Å². The maximum atomic E-state index is 2.49. The molecular weight excluding hydrogens is 805 g/mol. The van der Waals surface area contributed by atoms with Crippen LogP contribution in [0.15, 0.2) is 58.2 Å². The highest BCUT2D eigenvalue weighted by molar-refractivity contribution is 5.88. The van der Waals surface area contributed by atoms with Crippen LogP contribution in [-0.2, 0) is 0 Å². The van der Waals surface area contributed by atoms with Crippen molar-refractivity contribution in [3.63, 3.8) is 0 Å². The smallest absolute Gasteiger partial charge is 0.00596 e. The first kappa shape index (κ1) is 61.6. The van der Waals surface area contributed by atoms with Gasteiger partial charge in [-0.05, 0) is 86.6 Å². The van der Waals surface area contributed by atoms with E-state index in [0.717, 1.165) is 0 Å². The lowest BCUT2D eigenvalue weighted by Crippen LogP contribution is -2.21. The number of unbranched alkanes of at least 4 members (excludes halogenated alkanes) is 40. The quantitative estimate of drug-likeness (QED) is 0.0571. The van der Waals surface area contributed by atoms with Gasteiger partial charge in [-0.25, -0.2) is 0 Å². The molecule has 0 radical (unpaired) electrons. The Labute approximate surface area is 423 Å². The Kier molecular flexibility index (Phi) is 41.9. The molecule has 0 saturated carbocycles. The minimum atomic E-state index is 0.602. The standard InChI is InChI=1S/C67H120/c1-7-11-15-19-23-27-31-35-39-43-50-56-62-63(57-51-44-40-36-32-28-24-20-16-12-8-2)65(59-53-46-42-38-34-30-26-22-18-14-10-4)67(61-54-48-47-49-55-61)66(60(5)6)64(62)58-52-45-41-37-33-29-25-21-17-13-9-3/h47-49,54-55,64H,7-46,50-53,56-59H2,1-6H3. The Bertz CT molecular complexity index is 1320. The van der Waals surface area contributed by atoms with E-state index in [9.17, 15) is 0 Å². The number of rotatable bonds is 49. The van der Waals surface area contributed by atoms with Gasteiger partial charge in [0.1, 0.15) is 0 Å². The van der Waals surface area contributed by atoms with Gasteiger partial charge in [-0.3, -0.25) is 0 Å². The van der Waals surface area contributed by atoms with Crippen LogP contribution in [0.2, 0.25) is 0 Å². The van der Waals surface area contributed by atoms with Crippen LogP contribution in [0.5, 0.6) is 0 Å². The number of benzene rings is 1. The summed E-state index contributed by atoms with van der Waals surface area (Å²) in [5.74, 6) is 0.602. The normalized spacial score (nSPS) is 14.3. The van der Waals surface area contributed by atoms with Crippen LogP contribution >= 0.6 is 0 Å². The third-order valence-corrected chi connectivity index (χ3v) is 15.9. The van der Waals surface area contributed by atoms with Crippen LogP contribution in [0.4, 0.5) is 0 Å². The topological polar surface area (TPSA) is 0 Å². The molecule has 0 bridgehead atoms. The van der Waals surface area contributed by atoms with Crippen LogP contribution in [0, 0.1) is 5.92 Å². The van der Waals surface area contributed by atoms with Crippen molar-refractivity contribution in [2.24, 2.45) is 5.92 Å². The molecule has 0 nitrogen and oxygen atoms in total. The van der Waals surface area contributed by atoms with Gasteiger partial charge in [-0.15, -0.1) is 0 Å². The summed E-state index contributed by atoms with van der Waals surface area (Å²) in [4.78, 5) is 0. The summed E-state index contributed by atoms with van der Waals surface area (Å²) in [6.45, 7) is 14.3. The van der Waals surface area contributed by atoms with Gasteiger partial charge in [-0.2, -0.15) is 0 Å². The van der Waals surface area contributed by atoms with Crippen molar-refractivity contribution in [2.45, 2.75) is 350 Å². The fourth-order valence-electron chi connectivity index (χ4n) is 11.8. The molecule has 1 atom stereocenters. The SMILES string of the molecule is CCCCCCCCCCCCCC1=C(c2ccccc2)C(=C(C)C)C(CCCCCCCCCCCCC)C(CCCCCCCCCCCCC)=C1CCCCCCCCCCCCC. The maximum absolute atomic E-state index is 2.49. The van der Waals surface area contributed by atoms with E-state index in [2.05, 4.69) is 71.9 Å². The Morgan fingerprint density at radius 1 is 0.313 bits per heavy atom. The monoisotopic (exact) mass is 925 g/mol. The molecule has 0 N–H and O–H groups in total. The Morgan fingerprint density at radius 2 is 0.597 bits per heavy atom. The molecule has 0 heterocycles. The maximum Gasteiger partial charge on any atom is 0.00596 e. The summed E-state index contributed by atoms with van der Waals surface area (Å²) in [6, 6.07) is 11.9. The molecule has 0 saturated heterocycles. The highest BCUT2D eigenvalue weighted by Crippen LogP contribution is 2.51. The fraction of sp³-hybridized carbons (Fsp3) is 0.821. The zero-order valence-electron chi connectivity index (χ0n) is 46.9. The third kappa shape index (κ3) is 30.7. The molecule has 388 valence electrons. The molecule has 1 unspecified atom stereocenters. The molecule has 2 rings (SSSR count). The number of hydrogen-bond donors (Lipinski definition) is 0. The molecule has 1 aliphatic carbocycles. The van der Waals surface area contributed by atoms with E-state index in [1.54, 1.807) is 22.3 Å². The van der Waals surface area contributed by atoms with Crippen molar-refractivity contribution in [3.8, 4) is 0 Å². The fourth-order valence-corrected chi connectivity index (χ4v) is 11.8. The highest BCUT2D eigenvalue weighted by atomic mass is 14.4. The van der Waals surface area contributed by atoms with E-state index in [4.69, 9.17) is 0 Å². The molecule has 0 amide bonds. The van der Waals surface area contributed by atoms with Crippen molar-refractivity contribution in [1.29, 1.82) is 0 Å². The summed E-state index contributed by atoms with van der Waals surface area (Å²) in [6.07, 6.45) is 68.1. The molecule has 0 aromatic heterocycles. The summed E-state index contributed by atoms with van der Waals surface area (Å²) >= 11 is 0. The summed E-state index contributed by atoms with van der Waals surface area (Å²) < 4.78 is 0. The van der Waals surface area contributed by atoms with Gasteiger partial charge in [0.15, 0.2) is 0 Å². The van der Waals surface area contributed by atoms with Crippen LogP contribution in [0.25, 0.3) is 5.57 Å². The first-order valence-electron chi connectivity index (χ1n) is 31.3. The van der Waals surface area contributed by atoms with E-state index in [-0.39, 0.29) is 0 Å². The second kappa shape index (κ2) is 45.6. The van der Waals surface area contributed by atoms with Crippen molar-refractivity contribution in [3.05, 3.63) is 63.8 Å². The lowest BCUT2D eigenvalue weighted by atomic mass is 9.67. The van der Waals surface area contributed by atoms with Gasteiger partial charge < -0.3 is 0 Å². The Morgan fingerprint density at radius 3 is 0.925 bits per heavy atom. The largest absolute Gasteiger partial charge is 0.0720 e. The first-order chi connectivity index (χ1) is 33.1. The zero-order valence-corrected chi connectivity index (χ0v) is 46.9. The molecule has 0 fully saturated rings. The van der Waals surface area contributed by atoms with Crippen molar-refractivity contribution in [2.75, 3.05) is 0 Å². The lowest BCUT2D eigenvalue weighted by molar-refractivity contribution is 0.504. The number of hydrogen-bond acceptors (Lipinski definition) is 0. The predicted molar refractivity (Wildman–Crippen MR) is 307 cm³/mol. The van der Waals surface area contributed by atoms with Crippen molar-refractivity contribution < 1.29 is 0 Å². The third-order valence-electron chi connectivity index (χ3n) is 15.9. The average Bonchev–Trinajstić information content (AvgIpc) is 3.34. The van der Waals surface area contributed by atoms with E-state index in [0.29, 0.717) is 5.92 Å². The van der Waals surface area contributed by atoms with Crippen LogP contribution < -0.4 is 0 Å². The van der Waals surface area contributed by atoms with Gasteiger partial charge in [-0.1, -0.05) is 332 Å². The highest BCUT2D eigenvalue weighted by Gasteiger charge is 2.33. The predicted octanol–water partition coefficient (Wildman–Crippen LogP) is 24.5. The minimum Gasteiger partial charge on any atom is -0.0720 e. The minimum absolute atomic E-state index is 0.602. The first-order valence-corrected chi connectivity index (χ1v) is 31.3. The molecule has 1 aromatic carbocycles. The second-order valence-electron chi connectivity index (χ2n) is 22.4. The molecule has 0 heteroatoms. The van der Waals surface area contributed by atoms with E-state index in [1.165, 1.54) is 314 Å². The van der Waals surface area contributed by atoms with Crippen molar-refractivity contribution >= 4 is 5.57 Å². The van der Waals surface area contributed by atoms with E-state index >= 15 is 0 Å². The second-order valence-corrected chi connectivity index (χ2v) is 22.4. The van der Waals surface area contributed by atoms with Crippen LogP contribution in [0.1, 0.15) is 355 Å². The molecule has 0 spiro atoms. The van der Waals surface area contributed by atoms with E-state index in [1.807, 2.05) is 11.1 Å². The lowest BCUT2D eigenvalue weighted by Gasteiger charge is -2.37. The zero-order chi connectivity index (χ0) is 48.1. The summed E-state index contributed by atoms with van der Waals surface area (Å²) in [5, 5.41) is 0. The summed E-state index contributed by atoms with van der Waals surface area (Å²) in [7, 11) is 0. The molecular formula is C67H120. The van der Waals surface area contributed by atoms with Gasteiger partial charge in [0.2, 0.25) is 0 Å². The molecule has 67 heavy (non-hydrogen) atoms. The molecule has 1 aromatic rings. The Balaban J connectivity index is 2.35.